The smallest absolute Gasteiger partial charge is 0.319 e. The molecule has 0 unspecified atom stereocenters. The van der Waals surface area contributed by atoms with Crippen LogP contribution in [0.4, 0.5) is 42.1 Å². The van der Waals surface area contributed by atoms with E-state index in [-0.39, 0.29) is 65.2 Å². The van der Waals surface area contributed by atoms with Crippen LogP contribution in [-0.4, -0.2) is 139 Å². The van der Waals surface area contributed by atoms with Gasteiger partial charge >= 0.3 is 6.03 Å². The summed E-state index contributed by atoms with van der Waals surface area (Å²) in [7, 11) is 1.90. The van der Waals surface area contributed by atoms with Crippen molar-refractivity contribution >= 4 is 46.4 Å². The van der Waals surface area contributed by atoms with E-state index in [9.17, 15) is 23.9 Å². The summed E-state index contributed by atoms with van der Waals surface area (Å²) in [6, 6.07) is 16.5. The predicted octanol–water partition coefficient (Wildman–Crippen LogP) is 4.54. The molecule has 5 fully saturated rings. The monoisotopic (exact) mass is 892 g/mol. The van der Waals surface area contributed by atoms with Crippen LogP contribution in [-0.2, 0) is 20.7 Å². The third-order valence-corrected chi connectivity index (χ3v) is 14.1. The average Bonchev–Trinajstić information content (AvgIpc) is 3.73. The number of morpholine rings is 1. The number of aromatic hydroxyl groups is 1. The first-order valence-electron chi connectivity index (χ1n) is 22.7. The summed E-state index contributed by atoms with van der Waals surface area (Å²) in [6.07, 6.45) is 4.45. The molecule has 65 heavy (non-hydrogen) atoms. The molecule has 3 atom stereocenters. The number of anilines is 5. The topological polar surface area (TPSA) is 173 Å². The van der Waals surface area contributed by atoms with Crippen molar-refractivity contribution in [2.75, 3.05) is 91.4 Å². The van der Waals surface area contributed by atoms with Gasteiger partial charge in [-0.1, -0.05) is 12.1 Å². The molecule has 342 valence electrons. The van der Waals surface area contributed by atoms with E-state index in [2.05, 4.69) is 47.2 Å². The van der Waals surface area contributed by atoms with Crippen LogP contribution in [0.3, 0.4) is 0 Å². The molecule has 0 saturated carbocycles. The molecule has 7 heterocycles. The Morgan fingerprint density at radius 3 is 2.35 bits per heavy atom. The summed E-state index contributed by atoms with van der Waals surface area (Å²) >= 11 is 0. The number of nitrogens with one attached hydrogen (secondary N) is 1. The van der Waals surface area contributed by atoms with Crippen LogP contribution < -0.4 is 35.4 Å². The van der Waals surface area contributed by atoms with Gasteiger partial charge in [0, 0.05) is 118 Å². The van der Waals surface area contributed by atoms with E-state index in [1.807, 2.05) is 29.0 Å². The Balaban J connectivity index is 0.732. The number of carbonyl (C=O) groups is 3. The zero-order chi connectivity index (χ0) is 44.9. The molecule has 2 bridgehead atoms. The number of para-hydroxylation sites is 1. The lowest BCUT2D eigenvalue weighted by Gasteiger charge is -2.51. The normalized spacial score (nSPS) is 22.8. The van der Waals surface area contributed by atoms with Gasteiger partial charge in [-0.25, -0.2) is 13.6 Å². The third kappa shape index (κ3) is 8.28. The SMILES string of the molecule is CN(C(=O)N1CCC(Oc2cc(F)cc(N3[C@H]4COC[C@H]3CN(c3cc(-c5cccc(F)c5O)nnc3N)C4)c2)CC1)C1CCN(c2cccc3c2CCN3[C@@H]2CCC(=O)NC2=O)CC1. The molecule has 3 aromatic carbocycles. The second-order valence-electron chi connectivity index (χ2n) is 18.0. The number of piperazine rings is 1. The number of benzene rings is 3. The predicted molar refractivity (Wildman–Crippen MR) is 240 cm³/mol. The van der Waals surface area contributed by atoms with Crippen molar-refractivity contribution in [2.24, 2.45) is 0 Å². The molecule has 16 nitrogen and oxygen atoms in total. The molecule has 4 N–H and O–H groups in total. The molecule has 0 spiro atoms. The van der Waals surface area contributed by atoms with Crippen molar-refractivity contribution in [1.29, 1.82) is 0 Å². The zero-order valence-corrected chi connectivity index (χ0v) is 36.4. The number of aromatic nitrogens is 2. The van der Waals surface area contributed by atoms with Gasteiger partial charge in [0.2, 0.25) is 11.8 Å². The number of imide groups is 1. The van der Waals surface area contributed by atoms with E-state index in [0.29, 0.717) is 82.2 Å². The van der Waals surface area contributed by atoms with Crippen LogP contribution in [0, 0.1) is 11.6 Å². The maximum atomic E-state index is 15.4. The number of nitrogens with two attached hydrogens (primary N) is 1. The number of likely N-dealkylation sites (tertiary alicyclic amines) is 1. The molecule has 1 aromatic heterocycles. The Labute approximate surface area is 375 Å². The first kappa shape index (κ1) is 42.5. The largest absolute Gasteiger partial charge is 0.504 e. The number of nitrogen functional groups attached to an aromatic ring is 1. The van der Waals surface area contributed by atoms with Crippen molar-refractivity contribution in [3.8, 4) is 22.8 Å². The van der Waals surface area contributed by atoms with E-state index >= 15 is 4.39 Å². The number of urea groups is 1. The molecule has 0 aliphatic carbocycles. The number of rotatable bonds is 8. The van der Waals surface area contributed by atoms with Crippen LogP contribution in [0.15, 0.2) is 60.7 Å². The number of piperidine rings is 3. The highest BCUT2D eigenvalue weighted by Gasteiger charge is 2.41. The lowest BCUT2D eigenvalue weighted by atomic mass is 10.0. The number of hydrogen-bond acceptors (Lipinski definition) is 13. The number of carbonyl (C=O) groups excluding carboxylic acids is 3. The number of hydrogen-bond donors (Lipinski definition) is 3. The van der Waals surface area contributed by atoms with Gasteiger partial charge in [0.15, 0.2) is 17.4 Å². The highest BCUT2D eigenvalue weighted by Crippen LogP contribution is 2.40. The van der Waals surface area contributed by atoms with Gasteiger partial charge in [-0.2, -0.15) is 0 Å². The molecule has 4 amide bonds. The first-order valence-corrected chi connectivity index (χ1v) is 22.7. The molecule has 5 saturated heterocycles. The van der Waals surface area contributed by atoms with Crippen LogP contribution in [0.25, 0.3) is 11.3 Å². The number of halogens is 2. The van der Waals surface area contributed by atoms with Crippen molar-refractivity contribution < 1.29 is 37.7 Å². The van der Waals surface area contributed by atoms with E-state index in [4.69, 9.17) is 15.2 Å². The Kier molecular flexibility index (Phi) is 11.5. The molecule has 18 heteroatoms. The molecule has 6 aliphatic rings. The Bertz CT molecular complexity index is 2470. The van der Waals surface area contributed by atoms with E-state index in [0.717, 1.165) is 44.6 Å². The molecule has 10 rings (SSSR count). The molecule has 4 aromatic rings. The number of phenols is 1. The maximum Gasteiger partial charge on any atom is 0.319 e. The molecular weight excluding hydrogens is 839 g/mol. The van der Waals surface area contributed by atoms with Crippen molar-refractivity contribution in [3.05, 3.63) is 77.9 Å². The summed E-state index contributed by atoms with van der Waals surface area (Å²) in [5, 5.41) is 21.1. The van der Waals surface area contributed by atoms with Gasteiger partial charge in [0.1, 0.15) is 23.7 Å². The fourth-order valence-electron chi connectivity index (χ4n) is 10.8. The lowest BCUT2D eigenvalue weighted by Crippen LogP contribution is -2.65. The van der Waals surface area contributed by atoms with Gasteiger partial charge in [0.05, 0.1) is 36.7 Å². The highest BCUT2D eigenvalue weighted by atomic mass is 19.1. The Hall–Kier alpha value is -6.43. The van der Waals surface area contributed by atoms with Crippen molar-refractivity contribution in [3.63, 3.8) is 0 Å². The number of nitrogens with zero attached hydrogens (tertiary/aromatic N) is 8. The van der Waals surface area contributed by atoms with Gasteiger partial charge in [0.25, 0.3) is 0 Å². The number of fused-ring (bicyclic) bond motifs is 3. The van der Waals surface area contributed by atoms with Gasteiger partial charge in [-0.15, -0.1) is 10.2 Å². The second kappa shape index (κ2) is 17.5. The molecule has 6 aliphatic heterocycles. The summed E-state index contributed by atoms with van der Waals surface area (Å²) in [5.41, 5.74) is 11.6. The first-order chi connectivity index (χ1) is 31.5. The van der Waals surface area contributed by atoms with E-state index < -0.39 is 17.4 Å². The molecular formula is C47H54F2N10O6. The fourth-order valence-corrected chi connectivity index (χ4v) is 10.8. The summed E-state index contributed by atoms with van der Waals surface area (Å²) in [4.78, 5) is 50.9. The second-order valence-corrected chi connectivity index (χ2v) is 18.0. The minimum atomic E-state index is -0.758. The Morgan fingerprint density at radius 2 is 1.60 bits per heavy atom. The average molecular weight is 893 g/mol. The van der Waals surface area contributed by atoms with E-state index in [1.54, 1.807) is 12.1 Å². The van der Waals surface area contributed by atoms with Gasteiger partial charge in [-0.3, -0.25) is 14.9 Å². The number of amides is 4. The standard InChI is InChI=1S/C47H54F2N10O6/c1-54(29-10-15-55(16-11-29)39-6-3-7-40-36(39)14-19-58(40)41-8-9-43(60)51-46(41)62)47(63)56-17-12-33(13-18-56)65-34-21-28(48)20-30(22-34)59-31-24-57(25-32(59)27-64-26-31)42-23-38(52-53-45(42)50)35-4-2-5-37(49)44(35)61/h2-7,20-23,29,31-33,41,61H,8-19,24-27H2,1H3,(H2,50,53)(H,51,60,62)/t31-,32-,41-/m1/s1. The van der Waals surface area contributed by atoms with Crippen molar-refractivity contribution in [2.45, 2.75) is 75.2 Å². The zero-order valence-electron chi connectivity index (χ0n) is 36.4. The number of ether oxygens (including phenoxy) is 2. The summed E-state index contributed by atoms with van der Waals surface area (Å²) in [5.74, 6) is -1.47. The minimum absolute atomic E-state index is 0.0102. The van der Waals surface area contributed by atoms with Crippen molar-refractivity contribution in [1.82, 2.24) is 25.3 Å². The van der Waals surface area contributed by atoms with Gasteiger partial charge < -0.3 is 49.7 Å². The van der Waals surface area contributed by atoms with Crippen LogP contribution >= 0.6 is 0 Å². The minimum Gasteiger partial charge on any atom is -0.504 e. The quantitative estimate of drug-likeness (QED) is 0.211. The van der Waals surface area contributed by atoms with Crippen LogP contribution in [0.5, 0.6) is 11.5 Å². The Morgan fingerprint density at radius 1 is 0.862 bits per heavy atom. The van der Waals surface area contributed by atoms with Crippen LogP contribution in [0.1, 0.15) is 44.1 Å². The number of phenolic OH excluding ortho intramolecular Hbond substituents is 1. The van der Waals surface area contributed by atoms with E-state index in [1.165, 1.54) is 35.5 Å². The highest BCUT2D eigenvalue weighted by molar-refractivity contribution is 6.02. The maximum absolute atomic E-state index is 15.4. The summed E-state index contributed by atoms with van der Waals surface area (Å²) < 4.78 is 42.0. The summed E-state index contributed by atoms with van der Waals surface area (Å²) in [6.45, 7) is 5.20. The third-order valence-electron chi connectivity index (χ3n) is 14.1. The fraction of sp³-hybridized carbons (Fsp3) is 0.468. The van der Waals surface area contributed by atoms with Crippen LogP contribution in [0.2, 0.25) is 0 Å². The lowest BCUT2D eigenvalue weighted by molar-refractivity contribution is -0.134. The molecule has 0 radical (unpaired) electrons. The van der Waals surface area contributed by atoms with Gasteiger partial charge in [-0.05, 0) is 62.1 Å².